The fourth-order valence-corrected chi connectivity index (χ4v) is 2.68. The first-order chi connectivity index (χ1) is 9.95. The number of halogens is 2. The van der Waals surface area contributed by atoms with Crippen LogP contribution < -0.4 is 0 Å². The summed E-state index contributed by atoms with van der Waals surface area (Å²) in [6.45, 7) is 5.64. The molecule has 6 heteroatoms. The SMILES string of the molecule is CCCC1CCCOC1.Cc1c(F)cc(Br)cc1[N+](=O)[O-]. The Morgan fingerprint density at radius 1 is 1.52 bits per heavy atom. The molecule has 1 heterocycles. The van der Waals surface area contributed by atoms with Crippen molar-refractivity contribution in [2.75, 3.05) is 13.2 Å². The molecule has 1 atom stereocenters. The minimum atomic E-state index is -0.608. The molecule has 0 N–H and O–H groups in total. The van der Waals surface area contributed by atoms with Gasteiger partial charge in [0, 0.05) is 23.8 Å². The monoisotopic (exact) mass is 361 g/mol. The Morgan fingerprint density at radius 2 is 2.24 bits per heavy atom. The molecule has 1 unspecified atom stereocenters. The Labute approximate surface area is 133 Å². The van der Waals surface area contributed by atoms with Gasteiger partial charge in [-0.2, -0.15) is 0 Å². The van der Waals surface area contributed by atoms with Crippen LogP contribution in [-0.4, -0.2) is 18.1 Å². The second-order valence-electron chi connectivity index (χ2n) is 5.16. The van der Waals surface area contributed by atoms with Gasteiger partial charge in [0.1, 0.15) is 5.82 Å². The first-order valence-corrected chi connectivity index (χ1v) is 7.92. The van der Waals surface area contributed by atoms with Crippen molar-refractivity contribution in [3.05, 3.63) is 38.1 Å². The van der Waals surface area contributed by atoms with Gasteiger partial charge < -0.3 is 4.74 Å². The van der Waals surface area contributed by atoms with Gasteiger partial charge in [0.2, 0.25) is 0 Å². The Kier molecular flexibility index (Phi) is 7.82. The lowest BCUT2D eigenvalue weighted by Gasteiger charge is -2.20. The average Bonchev–Trinajstić information content (AvgIpc) is 2.45. The van der Waals surface area contributed by atoms with E-state index in [0.29, 0.717) is 4.47 Å². The van der Waals surface area contributed by atoms with Crippen LogP contribution in [0.4, 0.5) is 10.1 Å². The number of ether oxygens (including phenoxy) is 1. The molecule has 0 saturated carbocycles. The lowest BCUT2D eigenvalue weighted by atomic mass is 9.98. The summed E-state index contributed by atoms with van der Waals surface area (Å²) < 4.78 is 18.6. The molecule has 1 aromatic rings. The maximum atomic E-state index is 12.9. The van der Waals surface area contributed by atoms with Gasteiger partial charge in [0.05, 0.1) is 10.5 Å². The van der Waals surface area contributed by atoms with Crippen molar-refractivity contribution < 1.29 is 14.1 Å². The van der Waals surface area contributed by atoms with Gasteiger partial charge in [-0.1, -0.05) is 29.3 Å². The van der Waals surface area contributed by atoms with Gasteiger partial charge >= 0.3 is 0 Å². The highest BCUT2D eigenvalue weighted by molar-refractivity contribution is 9.10. The molecule has 1 aliphatic heterocycles. The standard InChI is InChI=1S/C8H16O.C7H5BrFNO2/c1-2-4-8-5-3-6-9-7-8;1-4-6(9)2-5(8)3-7(4)10(11)12/h8H,2-7H2,1H3;2-3H,1H3. The van der Waals surface area contributed by atoms with E-state index < -0.39 is 10.7 Å². The number of nitrogens with zero attached hydrogens (tertiary/aromatic N) is 1. The van der Waals surface area contributed by atoms with Crippen LogP contribution in [0.25, 0.3) is 0 Å². The number of benzene rings is 1. The third-order valence-corrected chi connectivity index (χ3v) is 3.89. The predicted molar refractivity (Wildman–Crippen MR) is 83.9 cm³/mol. The summed E-state index contributed by atoms with van der Waals surface area (Å²) in [6.07, 6.45) is 5.35. The molecule has 1 saturated heterocycles. The molecular formula is C15H21BrFNO3. The maximum Gasteiger partial charge on any atom is 0.276 e. The van der Waals surface area contributed by atoms with Gasteiger partial charge in [0.25, 0.3) is 5.69 Å². The van der Waals surface area contributed by atoms with Crippen LogP contribution in [0.2, 0.25) is 0 Å². The molecule has 2 rings (SSSR count). The van der Waals surface area contributed by atoms with Crippen LogP contribution in [0.15, 0.2) is 16.6 Å². The molecule has 1 aliphatic rings. The van der Waals surface area contributed by atoms with E-state index >= 15 is 0 Å². The minimum absolute atomic E-state index is 0.0585. The second-order valence-corrected chi connectivity index (χ2v) is 6.08. The molecular weight excluding hydrogens is 341 g/mol. The van der Waals surface area contributed by atoms with Gasteiger partial charge in [-0.25, -0.2) is 4.39 Å². The summed E-state index contributed by atoms with van der Waals surface area (Å²) >= 11 is 2.97. The first-order valence-electron chi connectivity index (χ1n) is 7.13. The van der Waals surface area contributed by atoms with Crippen molar-refractivity contribution in [3.63, 3.8) is 0 Å². The topological polar surface area (TPSA) is 52.4 Å². The lowest BCUT2D eigenvalue weighted by Crippen LogP contribution is -2.16. The van der Waals surface area contributed by atoms with E-state index in [4.69, 9.17) is 4.74 Å². The number of rotatable bonds is 3. The normalized spacial score (nSPS) is 17.8. The summed E-state index contributed by atoms with van der Waals surface area (Å²) in [7, 11) is 0. The molecule has 0 bridgehead atoms. The van der Waals surface area contributed by atoms with Crippen molar-refractivity contribution in [2.24, 2.45) is 5.92 Å². The van der Waals surface area contributed by atoms with Crippen molar-refractivity contribution in [3.8, 4) is 0 Å². The van der Waals surface area contributed by atoms with Crippen LogP contribution in [0.3, 0.4) is 0 Å². The third-order valence-electron chi connectivity index (χ3n) is 3.43. The van der Waals surface area contributed by atoms with Crippen molar-refractivity contribution >= 4 is 21.6 Å². The van der Waals surface area contributed by atoms with Crippen molar-refractivity contribution in [1.29, 1.82) is 0 Å². The fraction of sp³-hybridized carbons (Fsp3) is 0.600. The molecule has 0 spiro atoms. The van der Waals surface area contributed by atoms with Crippen LogP contribution in [-0.2, 0) is 4.74 Å². The number of hydrogen-bond donors (Lipinski definition) is 0. The second kappa shape index (κ2) is 9.10. The van der Waals surface area contributed by atoms with E-state index in [1.165, 1.54) is 44.7 Å². The molecule has 0 aromatic heterocycles. The number of hydrogen-bond acceptors (Lipinski definition) is 3. The van der Waals surface area contributed by atoms with Crippen LogP contribution in [0.5, 0.6) is 0 Å². The highest BCUT2D eigenvalue weighted by Crippen LogP contribution is 2.25. The minimum Gasteiger partial charge on any atom is -0.381 e. The van der Waals surface area contributed by atoms with Gasteiger partial charge in [-0.15, -0.1) is 0 Å². The highest BCUT2D eigenvalue weighted by atomic mass is 79.9. The number of nitro benzene ring substituents is 1. The van der Waals surface area contributed by atoms with Crippen LogP contribution in [0, 0.1) is 28.8 Å². The molecule has 21 heavy (non-hydrogen) atoms. The number of nitro groups is 1. The molecule has 1 aromatic carbocycles. The summed E-state index contributed by atoms with van der Waals surface area (Å²) in [5, 5.41) is 10.3. The smallest absolute Gasteiger partial charge is 0.276 e. The van der Waals surface area contributed by atoms with E-state index in [0.717, 1.165) is 19.1 Å². The van der Waals surface area contributed by atoms with Crippen molar-refractivity contribution in [2.45, 2.75) is 39.5 Å². The predicted octanol–water partition coefficient (Wildman–Crippen LogP) is 5.02. The fourth-order valence-electron chi connectivity index (χ4n) is 2.27. The molecule has 4 nitrogen and oxygen atoms in total. The summed E-state index contributed by atoms with van der Waals surface area (Å²) in [5.74, 6) is 0.305. The summed E-state index contributed by atoms with van der Waals surface area (Å²) in [4.78, 5) is 9.74. The molecule has 0 aliphatic carbocycles. The summed E-state index contributed by atoms with van der Waals surface area (Å²) in [6, 6.07) is 2.47. The highest BCUT2D eigenvalue weighted by Gasteiger charge is 2.15. The zero-order chi connectivity index (χ0) is 15.8. The van der Waals surface area contributed by atoms with Crippen LogP contribution >= 0.6 is 15.9 Å². The summed E-state index contributed by atoms with van der Waals surface area (Å²) in [5.41, 5.74) is -0.148. The zero-order valence-corrected chi connectivity index (χ0v) is 14.0. The molecule has 118 valence electrons. The zero-order valence-electron chi connectivity index (χ0n) is 12.4. The quantitative estimate of drug-likeness (QED) is 0.561. The Balaban J connectivity index is 0.000000219. The van der Waals surface area contributed by atoms with Gasteiger partial charge in [-0.3, -0.25) is 10.1 Å². The Morgan fingerprint density at radius 3 is 2.76 bits per heavy atom. The van der Waals surface area contributed by atoms with E-state index in [1.54, 1.807) is 0 Å². The molecule has 1 fully saturated rings. The van der Waals surface area contributed by atoms with Gasteiger partial charge in [0.15, 0.2) is 0 Å². The maximum absolute atomic E-state index is 12.9. The molecule has 0 radical (unpaired) electrons. The molecule has 0 amide bonds. The van der Waals surface area contributed by atoms with E-state index in [1.807, 2.05) is 0 Å². The Hall–Kier alpha value is -1.01. The van der Waals surface area contributed by atoms with Crippen LogP contribution in [0.1, 0.15) is 38.2 Å². The van der Waals surface area contributed by atoms with Crippen molar-refractivity contribution in [1.82, 2.24) is 0 Å². The Bertz CT molecular complexity index is 473. The van der Waals surface area contributed by atoms with E-state index in [2.05, 4.69) is 22.9 Å². The average molecular weight is 362 g/mol. The third kappa shape index (κ3) is 6.09. The lowest BCUT2D eigenvalue weighted by molar-refractivity contribution is -0.385. The largest absolute Gasteiger partial charge is 0.381 e. The first kappa shape index (κ1) is 18.0. The van der Waals surface area contributed by atoms with Gasteiger partial charge in [-0.05, 0) is 38.2 Å². The van der Waals surface area contributed by atoms with E-state index in [9.17, 15) is 14.5 Å². The van der Waals surface area contributed by atoms with E-state index in [-0.39, 0.29) is 11.3 Å².